The molecule has 0 saturated heterocycles. The first kappa shape index (κ1) is 16.9. The Bertz CT molecular complexity index is 778. The Labute approximate surface area is 148 Å². The number of nitrogens with zero attached hydrogens (tertiary/aromatic N) is 2. The minimum atomic E-state index is 0.836. The third kappa shape index (κ3) is 4.78. The molecule has 0 aliphatic rings. The van der Waals surface area contributed by atoms with Gasteiger partial charge in [0.05, 0.1) is 7.11 Å². The van der Waals surface area contributed by atoms with E-state index in [9.17, 15) is 0 Å². The highest BCUT2D eigenvalue weighted by Gasteiger charge is 2.06. The van der Waals surface area contributed by atoms with Crippen molar-refractivity contribution >= 4 is 5.69 Å². The van der Waals surface area contributed by atoms with Crippen molar-refractivity contribution in [2.24, 2.45) is 0 Å². The van der Waals surface area contributed by atoms with Gasteiger partial charge in [-0.3, -0.25) is 9.97 Å². The summed E-state index contributed by atoms with van der Waals surface area (Å²) in [6.07, 6.45) is 7.20. The smallest absolute Gasteiger partial charge is 0.128 e. The van der Waals surface area contributed by atoms with Crippen molar-refractivity contribution in [3.05, 3.63) is 72.8 Å². The third-order valence-electron chi connectivity index (χ3n) is 3.90. The van der Waals surface area contributed by atoms with E-state index in [1.165, 1.54) is 5.56 Å². The average molecular weight is 334 g/mol. The number of rotatable bonds is 8. The maximum absolute atomic E-state index is 5.54. The van der Waals surface area contributed by atoms with Crippen molar-refractivity contribution in [1.82, 2.24) is 15.3 Å². The summed E-state index contributed by atoms with van der Waals surface area (Å²) in [6, 6.07) is 14.2. The van der Waals surface area contributed by atoms with Crippen LogP contribution in [0.5, 0.6) is 5.75 Å². The topological polar surface area (TPSA) is 59.1 Å². The first-order chi connectivity index (χ1) is 12.4. The molecule has 25 heavy (non-hydrogen) atoms. The molecule has 0 aliphatic carbocycles. The van der Waals surface area contributed by atoms with Crippen LogP contribution < -0.4 is 15.4 Å². The molecule has 0 unspecified atom stereocenters. The zero-order valence-corrected chi connectivity index (χ0v) is 14.3. The van der Waals surface area contributed by atoms with Gasteiger partial charge < -0.3 is 15.4 Å². The molecule has 0 radical (unpaired) electrons. The summed E-state index contributed by atoms with van der Waals surface area (Å²) in [5, 5.41) is 6.83. The lowest BCUT2D eigenvalue weighted by atomic mass is 10.1. The number of hydrogen-bond acceptors (Lipinski definition) is 5. The highest BCUT2D eigenvalue weighted by molar-refractivity contribution is 5.73. The SMILES string of the molecule is COc1cc(NCCNCc2ccncc2)ccc1-c1ccncc1. The fourth-order valence-corrected chi connectivity index (χ4v) is 2.60. The van der Waals surface area contributed by atoms with Crippen LogP contribution in [-0.4, -0.2) is 30.2 Å². The molecule has 2 heterocycles. The molecule has 0 saturated carbocycles. The molecule has 3 aromatic rings. The monoisotopic (exact) mass is 334 g/mol. The number of ether oxygens (including phenoxy) is 1. The molecule has 3 rings (SSSR count). The highest BCUT2D eigenvalue weighted by Crippen LogP contribution is 2.31. The van der Waals surface area contributed by atoms with E-state index in [0.29, 0.717) is 0 Å². The highest BCUT2D eigenvalue weighted by atomic mass is 16.5. The van der Waals surface area contributed by atoms with Gasteiger partial charge in [0, 0.05) is 61.7 Å². The van der Waals surface area contributed by atoms with Gasteiger partial charge >= 0.3 is 0 Å². The van der Waals surface area contributed by atoms with Crippen molar-refractivity contribution in [1.29, 1.82) is 0 Å². The van der Waals surface area contributed by atoms with Crippen LogP contribution in [0.3, 0.4) is 0 Å². The Hall–Kier alpha value is -2.92. The number of anilines is 1. The molecule has 1 aromatic carbocycles. The molecule has 0 atom stereocenters. The lowest BCUT2D eigenvalue weighted by molar-refractivity contribution is 0.416. The second kappa shape index (κ2) is 8.80. The van der Waals surface area contributed by atoms with E-state index in [1.54, 1.807) is 19.5 Å². The van der Waals surface area contributed by atoms with Gasteiger partial charge in [-0.1, -0.05) is 0 Å². The normalized spacial score (nSPS) is 10.4. The first-order valence-corrected chi connectivity index (χ1v) is 8.29. The zero-order valence-electron chi connectivity index (χ0n) is 14.3. The lowest BCUT2D eigenvalue weighted by Gasteiger charge is -2.13. The summed E-state index contributed by atoms with van der Waals surface area (Å²) in [5.41, 5.74) is 4.43. The molecule has 0 spiro atoms. The van der Waals surface area contributed by atoms with Gasteiger partial charge in [-0.2, -0.15) is 0 Å². The number of nitrogens with one attached hydrogen (secondary N) is 2. The van der Waals surface area contributed by atoms with Crippen LogP contribution in [0.15, 0.2) is 67.3 Å². The van der Waals surface area contributed by atoms with Gasteiger partial charge in [-0.15, -0.1) is 0 Å². The van der Waals surface area contributed by atoms with Gasteiger partial charge in [0.15, 0.2) is 0 Å². The Morgan fingerprint density at radius 2 is 1.60 bits per heavy atom. The van der Waals surface area contributed by atoms with E-state index < -0.39 is 0 Å². The van der Waals surface area contributed by atoms with Crippen molar-refractivity contribution in [3.8, 4) is 16.9 Å². The summed E-state index contributed by atoms with van der Waals surface area (Å²) >= 11 is 0. The number of aromatic nitrogens is 2. The number of hydrogen-bond donors (Lipinski definition) is 2. The predicted molar refractivity (Wildman–Crippen MR) is 101 cm³/mol. The van der Waals surface area contributed by atoms with Crippen LogP contribution in [0.4, 0.5) is 5.69 Å². The average Bonchev–Trinajstić information content (AvgIpc) is 2.69. The minimum absolute atomic E-state index is 0.836. The maximum Gasteiger partial charge on any atom is 0.128 e. The molecule has 2 N–H and O–H groups in total. The van der Waals surface area contributed by atoms with E-state index in [0.717, 1.165) is 42.2 Å². The van der Waals surface area contributed by atoms with Gasteiger partial charge in [0.2, 0.25) is 0 Å². The quantitative estimate of drug-likeness (QED) is 0.619. The van der Waals surface area contributed by atoms with Gasteiger partial charge in [-0.25, -0.2) is 0 Å². The summed E-state index contributed by atoms with van der Waals surface area (Å²) in [7, 11) is 1.69. The van der Waals surface area contributed by atoms with Crippen LogP contribution in [0.1, 0.15) is 5.56 Å². The maximum atomic E-state index is 5.54. The summed E-state index contributed by atoms with van der Waals surface area (Å²) in [5.74, 6) is 0.848. The Balaban J connectivity index is 1.53. The van der Waals surface area contributed by atoms with Gasteiger partial charge in [0.1, 0.15) is 5.75 Å². The van der Waals surface area contributed by atoms with Crippen molar-refractivity contribution in [2.75, 3.05) is 25.5 Å². The summed E-state index contributed by atoms with van der Waals surface area (Å²) < 4.78 is 5.54. The molecule has 2 aromatic heterocycles. The van der Waals surface area contributed by atoms with E-state index >= 15 is 0 Å². The summed E-state index contributed by atoms with van der Waals surface area (Å²) in [6.45, 7) is 2.55. The van der Waals surface area contributed by atoms with Gasteiger partial charge in [-0.05, 0) is 47.5 Å². The number of methoxy groups -OCH3 is 1. The Kier molecular flexibility index (Phi) is 5.96. The predicted octanol–water partition coefficient (Wildman–Crippen LogP) is 3.35. The zero-order chi connectivity index (χ0) is 17.3. The fraction of sp³-hybridized carbons (Fsp3) is 0.200. The van der Waals surface area contributed by atoms with Crippen LogP contribution in [-0.2, 0) is 6.54 Å². The minimum Gasteiger partial charge on any atom is -0.496 e. The molecule has 0 aliphatic heterocycles. The molecular weight excluding hydrogens is 312 g/mol. The van der Waals surface area contributed by atoms with E-state index in [-0.39, 0.29) is 0 Å². The Morgan fingerprint density at radius 3 is 2.32 bits per heavy atom. The third-order valence-corrected chi connectivity index (χ3v) is 3.90. The van der Waals surface area contributed by atoms with Gasteiger partial charge in [0.25, 0.3) is 0 Å². The van der Waals surface area contributed by atoms with E-state index in [1.807, 2.05) is 42.7 Å². The summed E-state index contributed by atoms with van der Waals surface area (Å²) in [4.78, 5) is 8.08. The van der Waals surface area contributed by atoms with Crippen LogP contribution in [0, 0.1) is 0 Å². The lowest BCUT2D eigenvalue weighted by Crippen LogP contribution is -2.21. The standard InChI is InChI=1S/C20H22N4O/c1-25-20-14-18(2-3-19(20)17-6-10-22-11-7-17)24-13-12-23-15-16-4-8-21-9-5-16/h2-11,14,23-24H,12-13,15H2,1H3. The van der Waals surface area contributed by atoms with Crippen LogP contribution >= 0.6 is 0 Å². The van der Waals surface area contributed by atoms with Crippen molar-refractivity contribution in [2.45, 2.75) is 6.54 Å². The van der Waals surface area contributed by atoms with Crippen molar-refractivity contribution in [3.63, 3.8) is 0 Å². The molecule has 0 bridgehead atoms. The van der Waals surface area contributed by atoms with Crippen molar-refractivity contribution < 1.29 is 4.74 Å². The number of benzene rings is 1. The van der Waals surface area contributed by atoms with E-state index in [4.69, 9.17) is 4.74 Å². The molecule has 5 nitrogen and oxygen atoms in total. The van der Waals surface area contributed by atoms with Crippen LogP contribution in [0.25, 0.3) is 11.1 Å². The second-order valence-corrected chi connectivity index (χ2v) is 5.61. The molecule has 128 valence electrons. The largest absolute Gasteiger partial charge is 0.496 e. The number of pyridine rings is 2. The molecule has 0 amide bonds. The second-order valence-electron chi connectivity index (χ2n) is 5.61. The van der Waals surface area contributed by atoms with Crippen LogP contribution in [0.2, 0.25) is 0 Å². The molecule has 0 fully saturated rings. The molecule has 5 heteroatoms. The van der Waals surface area contributed by atoms with E-state index in [2.05, 4.69) is 32.7 Å². The first-order valence-electron chi connectivity index (χ1n) is 8.29. The fourth-order valence-electron chi connectivity index (χ4n) is 2.60. The Morgan fingerprint density at radius 1 is 0.880 bits per heavy atom. The molecular formula is C20H22N4O.